The van der Waals surface area contributed by atoms with Gasteiger partial charge in [-0.05, 0) is 45.6 Å². The predicted octanol–water partition coefficient (Wildman–Crippen LogP) is 3.91. The van der Waals surface area contributed by atoms with Crippen molar-refractivity contribution in [3.8, 4) is 5.75 Å². The van der Waals surface area contributed by atoms with Gasteiger partial charge in [0.15, 0.2) is 0 Å². The SMILES string of the molecule is CCCC(CC)Oc1ccccc1CC(=O)N(C(C)C)[C@H]1C[C@H](N)C1. The summed E-state index contributed by atoms with van der Waals surface area (Å²) in [5, 5.41) is 0. The maximum atomic E-state index is 13.0. The number of benzene rings is 1. The molecule has 2 rings (SSSR count). The van der Waals surface area contributed by atoms with Gasteiger partial charge in [0.05, 0.1) is 12.5 Å². The van der Waals surface area contributed by atoms with E-state index in [0.717, 1.165) is 43.4 Å². The van der Waals surface area contributed by atoms with Crippen molar-refractivity contribution in [1.29, 1.82) is 0 Å². The minimum absolute atomic E-state index is 0.173. The van der Waals surface area contributed by atoms with E-state index in [0.29, 0.717) is 12.5 Å². The lowest BCUT2D eigenvalue weighted by Crippen LogP contribution is -2.55. The van der Waals surface area contributed by atoms with E-state index in [1.165, 1.54) is 0 Å². The van der Waals surface area contributed by atoms with Gasteiger partial charge in [0.25, 0.3) is 0 Å². The van der Waals surface area contributed by atoms with Crippen molar-refractivity contribution in [2.45, 2.75) is 90.4 Å². The van der Waals surface area contributed by atoms with E-state index in [4.69, 9.17) is 10.5 Å². The summed E-state index contributed by atoms with van der Waals surface area (Å²) in [6, 6.07) is 8.69. The highest BCUT2D eigenvalue weighted by Crippen LogP contribution is 2.28. The van der Waals surface area contributed by atoms with E-state index in [-0.39, 0.29) is 24.1 Å². The zero-order chi connectivity index (χ0) is 18.4. The molecule has 1 atom stereocenters. The molecule has 1 aliphatic rings. The number of nitrogens with two attached hydrogens (primary N) is 1. The van der Waals surface area contributed by atoms with Gasteiger partial charge in [0.1, 0.15) is 5.75 Å². The monoisotopic (exact) mass is 346 g/mol. The fraction of sp³-hybridized carbons (Fsp3) is 0.667. The first-order valence-corrected chi connectivity index (χ1v) is 9.77. The van der Waals surface area contributed by atoms with Crippen LogP contribution >= 0.6 is 0 Å². The molecule has 4 nitrogen and oxygen atoms in total. The van der Waals surface area contributed by atoms with Gasteiger partial charge in [0, 0.05) is 23.7 Å². The maximum Gasteiger partial charge on any atom is 0.227 e. The molecule has 2 N–H and O–H groups in total. The predicted molar refractivity (Wildman–Crippen MR) is 103 cm³/mol. The van der Waals surface area contributed by atoms with Crippen LogP contribution in [-0.2, 0) is 11.2 Å². The van der Waals surface area contributed by atoms with Gasteiger partial charge in [0.2, 0.25) is 5.91 Å². The fourth-order valence-corrected chi connectivity index (χ4v) is 3.64. The Labute approximate surface area is 152 Å². The number of carbonyl (C=O) groups is 1. The first kappa shape index (κ1) is 19.8. The van der Waals surface area contributed by atoms with Gasteiger partial charge in [-0.1, -0.05) is 38.5 Å². The number of hydrogen-bond acceptors (Lipinski definition) is 3. The van der Waals surface area contributed by atoms with Crippen molar-refractivity contribution in [3.63, 3.8) is 0 Å². The molecule has 1 aromatic rings. The lowest BCUT2D eigenvalue weighted by Gasteiger charge is -2.43. The third kappa shape index (κ3) is 5.21. The summed E-state index contributed by atoms with van der Waals surface area (Å²) < 4.78 is 6.20. The number of nitrogens with zero attached hydrogens (tertiary/aromatic N) is 1. The van der Waals surface area contributed by atoms with Gasteiger partial charge in [-0.25, -0.2) is 0 Å². The number of hydrogen-bond donors (Lipinski definition) is 1. The second-order valence-corrected chi connectivity index (χ2v) is 7.50. The molecule has 0 heterocycles. The second kappa shape index (κ2) is 9.23. The minimum Gasteiger partial charge on any atom is -0.490 e. The summed E-state index contributed by atoms with van der Waals surface area (Å²) in [6.45, 7) is 8.48. The average Bonchev–Trinajstić information content (AvgIpc) is 2.54. The van der Waals surface area contributed by atoms with Crippen LogP contribution in [0, 0.1) is 0 Å². The van der Waals surface area contributed by atoms with Crippen LogP contribution < -0.4 is 10.5 Å². The van der Waals surface area contributed by atoms with Crippen molar-refractivity contribution in [1.82, 2.24) is 4.90 Å². The van der Waals surface area contributed by atoms with Gasteiger partial charge >= 0.3 is 0 Å². The number of ether oxygens (including phenoxy) is 1. The van der Waals surface area contributed by atoms with Gasteiger partial charge in [-0.2, -0.15) is 0 Å². The molecular formula is C21H34N2O2. The molecule has 0 radical (unpaired) electrons. The Balaban J connectivity index is 2.09. The Morgan fingerprint density at radius 1 is 1.28 bits per heavy atom. The number of para-hydroxylation sites is 1. The third-order valence-electron chi connectivity index (χ3n) is 5.06. The molecule has 4 heteroatoms. The quantitative estimate of drug-likeness (QED) is 0.737. The lowest BCUT2D eigenvalue weighted by molar-refractivity contribution is -0.137. The highest BCUT2D eigenvalue weighted by Gasteiger charge is 2.35. The van der Waals surface area contributed by atoms with E-state index < -0.39 is 0 Å². The van der Waals surface area contributed by atoms with Crippen LogP contribution in [0.5, 0.6) is 5.75 Å². The number of rotatable bonds is 9. The lowest BCUT2D eigenvalue weighted by atomic mass is 9.85. The van der Waals surface area contributed by atoms with E-state index in [1.54, 1.807) is 0 Å². The molecule has 1 amide bonds. The highest BCUT2D eigenvalue weighted by atomic mass is 16.5. The Hall–Kier alpha value is -1.55. The van der Waals surface area contributed by atoms with Crippen LogP contribution in [0.25, 0.3) is 0 Å². The molecule has 0 aromatic heterocycles. The number of carbonyl (C=O) groups excluding carboxylic acids is 1. The van der Waals surface area contributed by atoms with Crippen LogP contribution in [0.1, 0.15) is 65.4 Å². The molecule has 25 heavy (non-hydrogen) atoms. The van der Waals surface area contributed by atoms with Crippen molar-refractivity contribution in [2.75, 3.05) is 0 Å². The summed E-state index contributed by atoms with van der Waals surface area (Å²) in [5.74, 6) is 1.02. The largest absolute Gasteiger partial charge is 0.490 e. The smallest absolute Gasteiger partial charge is 0.227 e. The summed E-state index contributed by atoms with van der Waals surface area (Å²) in [7, 11) is 0. The summed E-state index contributed by atoms with van der Waals surface area (Å²) >= 11 is 0. The fourth-order valence-electron chi connectivity index (χ4n) is 3.64. The Morgan fingerprint density at radius 2 is 1.96 bits per heavy atom. The molecule has 1 aliphatic carbocycles. The molecule has 1 aromatic carbocycles. The molecule has 140 valence electrons. The van der Waals surface area contributed by atoms with Crippen LogP contribution in [0.2, 0.25) is 0 Å². The molecule has 1 unspecified atom stereocenters. The van der Waals surface area contributed by atoms with Crippen molar-refractivity contribution in [2.24, 2.45) is 5.73 Å². The molecular weight excluding hydrogens is 312 g/mol. The summed E-state index contributed by atoms with van der Waals surface area (Å²) in [4.78, 5) is 15.0. The molecule has 1 saturated carbocycles. The van der Waals surface area contributed by atoms with Gasteiger partial charge in [-0.15, -0.1) is 0 Å². The Bertz CT molecular complexity index is 553. The van der Waals surface area contributed by atoms with Crippen LogP contribution in [0.15, 0.2) is 24.3 Å². The maximum absolute atomic E-state index is 13.0. The first-order chi connectivity index (χ1) is 12.0. The highest BCUT2D eigenvalue weighted by molar-refractivity contribution is 5.80. The van der Waals surface area contributed by atoms with Gasteiger partial charge < -0.3 is 15.4 Å². The van der Waals surface area contributed by atoms with E-state index in [1.807, 2.05) is 29.2 Å². The zero-order valence-corrected chi connectivity index (χ0v) is 16.2. The van der Waals surface area contributed by atoms with Crippen molar-refractivity contribution < 1.29 is 9.53 Å². The van der Waals surface area contributed by atoms with E-state index in [2.05, 4.69) is 27.7 Å². The Morgan fingerprint density at radius 3 is 2.52 bits per heavy atom. The average molecular weight is 347 g/mol. The molecule has 0 spiro atoms. The van der Waals surface area contributed by atoms with Crippen LogP contribution in [-0.4, -0.2) is 35.0 Å². The van der Waals surface area contributed by atoms with E-state index >= 15 is 0 Å². The van der Waals surface area contributed by atoms with Crippen LogP contribution in [0.3, 0.4) is 0 Å². The van der Waals surface area contributed by atoms with Gasteiger partial charge in [-0.3, -0.25) is 4.79 Å². The van der Waals surface area contributed by atoms with Crippen molar-refractivity contribution in [3.05, 3.63) is 29.8 Å². The van der Waals surface area contributed by atoms with Crippen molar-refractivity contribution >= 4 is 5.91 Å². The van der Waals surface area contributed by atoms with E-state index in [9.17, 15) is 4.79 Å². The first-order valence-electron chi connectivity index (χ1n) is 9.77. The van der Waals surface area contributed by atoms with Crippen LogP contribution in [0.4, 0.5) is 0 Å². The standard InChI is InChI=1S/C21H34N2O2/c1-5-9-19(6-2)25-20-11-8-7-10-16(20)12-21(24)23(15(3)4)18-13-17(22)14-18/h7-8,10-11,15,17-19H,5-6,9,12-14,22H2,1-4H3/t17-,18-,19?. The molecule has 1 fully saturated rings. The molecule has 0 aliphatic heterocycles. The minimum atomic E-state index is 0.173. The summed E-state index contributed by atoms with van der Waals surface area (Å²) in [5.41, 5.74) is 6.91. The normalized spacial score (nSPS) is 20.9. The topological polar surface area (TPSA) is 55.6 Å². The number of amides is 1. The second-order valence-electron chi connectivity index (χ2n) is 7.50. The molecule has 0 bridgehead atoms. The molecule has 0 saturated heterocycles. The zero-order valence-electron chi connectivity index (χ0n) is 16.2. The summed E-state index contributed by atoms with van der Waals surface area (Å²) in [6.07, 6.45) is 5.55. The Kier molecular flexibility index (Phi) is 7.30. The third-order valence-corrected chi connectivity index (χ3v) is 5.06.